The van der Waals surface area contributed by atoms with Gasteiger partial charge in [0.2, 0.25) is 0 Å². The number of carbonyl (C=O) groups is 1. The van der Waals surface area contributed by atoms with Gasteiger partial charge in [-0.25, -0.2) is 0 Å². The first-order valence-electron chi connectivity index (χ1n) is 6.80. The molecule has 0 saturated carbocycles. The van der Waals surface area contributed by atoms with Crippen LogP contribution in [0.4, 0.5) is 0 Å². The maximum atomic E-state index is 12.0. The number of aryl methyl sites for hydroxylation is 1. The first-order chi connectivity index (χ1) is 10.0. The van der Waals surface area contributed by atoms with Crippen molar-refractivity contribution in [2.24, 2.45) is 0 Å². The van der Waals surface area contributed by atoms with Crippen LogP contribution in [0.2, 0.25) is 0 Å². The molecule has 0 aliphatic carbocycles. The summed E-state index contributed by atoms with van der Waals surface area (Å²) in [4.78, 5) is 12.0. The Labute approximate surface area is 133 Å². The van der Waals surface area contributed by atoms with E-state index in [2.05, 4.69) is 21.2 Å². The van der Waals surface area contributed by atoms with Gasteiger partial charge >= 0.3 is 0 Å². The Bertz CT molecular complexity index is 593. The fraction of sp³-hybridized carbons (Fsp3) is 0.235. The van der Waals surface area contributed by atoms with Crippen molar-refractivity contribution in [3.63, 3.8) is 0 Å². The summed E-state index contributed by atoms with van der Waals surface area (Å²) in [5.41, 5.74) is 2.28. The summed E-state index contributed by atoms with van der Waals surface area (Å²) < 4.78 is 6.58. The van der Waals surface area contributed by atoms with Crippen LogP contribution in [-0.2, 0) is 11.3 Å². The van der Waals surface area contributed by atoms with Crippen LogP contribution in [0.3, 0.4) is 0 Å². The van der Waals surface area contributed by atoms with Gasteiger partial charge in [-0.05, 0) is 43.7 Å². The van der Waals surface area contributed by atoms with Gasteiger partial charge in [0.05, 0.1) is 0 Å². The zero-order valence-corrected chi connectivity index (χ0v) is 13.7. The van der Waals surface area contributed by atoms with Gasteiger partial charge in [-0.2, -0.15) is 0 Å². The van der Waals surface area contributed by atoms with E-state index in [0.717, 1.165) is 10.0 Å². The third-order valence-electron chi connectivity index (χ3n) is 3.08. The first-order valence-corrected chi connectivity index (χ1v) is 7.59. The lowest BCUT2D eigenvalue weighted by Crippen LogP contribution is -2.35. The molecule has 0 bridgehead atoms. The average molecular weight is 348 g/mol. The van der Waals surface area contributed by atoms with Gasteiger partial charge in [0.25, 0.3) is 5.91 Å². The molecule has 0 saturated heterocycles. The maximum absolute atomic E-state index is 12.0. The van der Waals surface area contributed by atoms with Crippen molar-refractivity contribution >= 4 is 21.8 Å². The predicted octanol–water partition coefficient (Wildman–Crippen LogP) is 3.84. The van der Waals surface area contributed by atoms with Crippen molar-refractivity contribution in [3.05, 3.63) is 64.1 Å². The first kappa shape index (κ1) is 15.6. The number of amides is 1. The van der Waals surface area contributed by atoms with E-state index < -0.39 is 6.10 Å². The van der Waals surface area contributed by atoms with Crippen LogP contribution in [-0.4, -0.2) is 12.0 Å². The Kier molecular flexibility index (Phi) is 5.39. The SMILES string of the molecule is Cc1ccc(CNC(=O)C(C)Oc2ccc(Br)cc2)cc1. The fourth-order valence-corrected chi connectivity index (χ4v) is 2.07. The minimum Gasteiger partial charge on any atom is -0.481 e. The fourth-order valence-electron chi connectivity index (χ4n) is 1.81. The molecule has 0 spiro atoms. The summed E-state index contributed by atoms with van der Waals surface area (Å²) in [5.74, 6) is 0.551. The number of carbonyl (C=O) groups excluding carboxylic acids is 1. The van der Waals surface area contributed by atoms with Crippen LogP contribution in [0.25, 0.3) is 0 Å². The van der Waals surface area contributed by atoms with Crippen molar-refractivity contribution in [1.29, 1.82) is 0 Å². The standard InChI is InChI=1S/C17H18BrNO2/c1-12-3-5-14(6-4-12)11-19-17(20)13(2)21-16-9-7-15(18)8-10-16/h3-10,13H,11H2,1-2H3,(H,19,20). The topological polar surface area (TPSA) is 38.3 Å². The van der Waals surface area contributed by atoms with Gasteiger partial charge in [0, 0.05) is 11.0 Å². The van der Waals surface area contributed by atoms with Gasteiger partial charge in [-0.15, -0.1) is 0 Å². The van der Waals surface area contributed by atoms with Gasteiger partial charge < -0.3 is 10.1 Å². The van der Waals surface area contributed by atoms with Crippen molar-refractivity contribution < 1.29 is 9.53 Å². The number of benzene rings is 2. The molecular weight excluding hydrogens is 330 g/mol. The molecule has 1 atom stereocenters. The molecule has 1 amide bonds. The van der Waals surface area contributed by atoms with Crippen LogP contribution in [0.1, 0.15) is 18.1 Å². The third kappa shape index (κ3) is 4.90. The molecule has 1 unspecified atom stereocenters. The molecule has 110 valence electrons. The van der Waals surface area contributed by atoms with E-state index >= 15 is 0 Å². The van der Waals surface area contributed by atoms with E-state index in [1.54, 1.807) is 6.92 Å². The Hall–Kier alpha value is -1.81. The normalized spacial score (nSPS) is 11.8. The van der Waals surface area contributed by atoms with E-state index in [-0.39, 0.29) is 5.91 Å². The molecule has 21 heavy (non-hydrogen) atoms. The van der Waals surface area contributed by atoms with E-state index in [9.17, 15) is 4.79 Å². The Morgan fingerprint density at radius 3 is 2.38 bits per heavy atom. The number of halogens is 1. The number of rotatable bonds is 5. The summed E-state index contributed by atoms with van der Waals surface area (Å²) in [6, 6.07) is 15.5. The van der Waals surface area contributed by atoms with Crippen molar-refractivity contribution in [2.45, 2.75) is 26.5 Å². The van der Waals surface area contributed by atoms with Crippen LogP contribution < -0.4 is 10.1 Å². The highest BCUT2D eigenvalue weighted by molar-refractivity contribution is 9.10. The van der Waals surface area contributed by atoms with E-state index in [1.165, 1.54) is 5.56 Å². The lowest BCUT2D eigenvalue weighted by Gasteiger charge is -2.15. The molecule has 3 nitrogen and oxygen atoms in total. The maximum Gasteiger partial charge on any atom is 0.261 e. The highest BCUT2D eigenvalue weighted by Gasteiger charge is 2.14. The van der Waals surface area contributed by atoms with Gasteiger partial charge in [0.15, 0.2) is 6.10 Å². The summed E-state index contributed by atoms with van der Waals surface area (Å²) in [6.07, 6.45) is -0.531. The van der Waals surface area contributed by atoms with Gasteiger partial charge in [0.1, 0.15) is 5.75 Å². The molecule has 0 radical (unpaired) electrons. The van der Waals surface area contributed by atoms with Gasteiger partial charge in [-0.1, -0.05) is 45.8 Å². The van der Waals surface area contributed by atoms with Crippen molar-refractivity contribution in [2.75, 3.05) is 0 Å². The van der Waals surface area contributed by atoms with Crippen molar-refractivity contribution in [3.8, 4) is 5.75 Å². The summed E-state index contributed by atoms with van der Waals surface area (Å²) in [7, 11) is 0. The summed E-state index contributed by atoms with van der Waals surface area (Å²) >= 11 is 3.36. The molecule has 2 aromatic carbocycles. The second kappa shape index (κ2) is 7.27. The molecule has 2 rings (SSSR count). The minimum atomic E-state index is -0.531. The predicted molar refractivity (Wildman–Crippen MR) is 87.3 cm³/mol. The number of ether oxygens (including phenoxy) is 1. The number of nitrogens with one attached hydrogen (secondary N) is 1. The molecule has 0 aromatic heterocycles. The van der Waals surface area contributed by atoms with Crippen LogP contribution in [0, 0.1) is 6.92 Å². The molecule has 0 aliphatic rings. The highest BCUT2D eigenvalue weighted by atomic mass is 79.9. The summed E-state index contributed by atoms with van der Waals surface area (Å²) in [5, 5.41) is 2.88. The number of hydrogen-bond donors (Lipinski definition) is 1. The molecule has 2 aromatic rings. The molecule has 0 heterocycles. The highest BCUT2D eigenvalue weighted by Crippen LogP contribution is 2.17. The average Bonchev–Trinajstić information content (AvgIpc) is 2.48. The second-order valence-electron chi connectivity index (χ2n) is 4.92. The lowest BCUT2D eigenvalue weighted by molar-refractivity contribution is -0.127. The van der Waals surface area contributed by atoms with Crippen LogP contribution in [0.5, 0.6) is 5.75 Å². The van der Waals surface area contributed by atoms with Crippen molar-refractivity contribution in [1.82, 2.24) is 5.32 Å². The largest absolute Gasteiger partial charge is 0.481 e. The molecular formula is C17H18BrNO2. The molecule has 0 aliphatic heterocycles. The summed E-state index contributed by atoms with van der Waals surface area (Å²) in [6.45, 7) is 4.29. The minimum absolute atomic E-state index is 0.126. The lowest BCUT2D eigenvalue weighted by atomic mass is 10.1. The van der Waals surface area contributed by atoms with Gasteiger partial charge in [-0.3, -0.25) is 4.79 Å². The smallest absolute Gasteiger partial charge is 0.261 e. The molecule has 0 fully saturated rings. The Morgan fingerprint density at radius 1 is 1.14 bits per heavy atom. The van der Waals surface area contributed by atoms with Crippen LogP contribution >= 0.6 is 15.9 Å². The Morgan fingerprint density at radius 2 is 1.76 bits per heavy atom. The quantitative estimate of drug-likeness (QED) is 0.892. The Balaban J connectivity index is 1.84. The molecule has 1 N–H and O–H groups in total. The van der Waals surface area contributed by atoms with E-state index in [0.29, 0.717) is 12.3 Å². The monoisotopic (exact) mass is 347 g/mol. The second-order valence-corrected chi connectivity index (χ2v) is 5.83. The zero-order chi connectivity index (χ0) is 15.2. The molecule has 4 heteroatoms. The van der Waals surface area contributed by atoms with Crippen LogP contribution in [0.15, 0.2) is 53.0 Å². The third-order valence-corrected chi connectivity index (χ3v) is 3.61. The van der Waals surface area contributed by atoms with E-state index in [4.69, 9.17) is 4.74 Å². The zero-order valence-electron chi connectivity index (χ0n) is 12.1. The number of hydrogen-bond acceptors (Lipinski definition) is 2. The van der Waals surface area contributed by atoms with E-state index in [1.807, 2.05) is 55.5 Å².